The Hall–Kier alpha value is -0.570. The molecule has 0 saturated heterocycles. The summed E-state index contributed by atoms with van der Waals surface area (Å²) in [6.07, 6.45) is 10.5. The first-order valence-electron chi connectivity index (χ1n) is 9.37. The van der Waals surface area contributed by atoms with Gasteiger partial charge in [0.05, 0.1) is 11.8 Å². The van der Waals surface area contributed by atoms with Gasteiger partial charge in [-0.2, -0.15) is 0 Å². The first-order valence-corrected chi connectivity index (χ1v) is 9.37. The number of hydrogen-bond acceptors (Lipinski definition) is 3. The van der Waals surface area contributed by atoms with Gasteiger partial charge in [0, 0.05) is 0 Å². The SMILES string of the molecule is C[C@]12CC/C(=N\O)C[C@@H]1CC[C@@H]1[C@H]2CC[C@@]2(C)[C@@H]1CC[C@@H]2O. The average molecular weight is 305 g/mol. The molecule has 3 nitrogen and oxygen atoms in total. The molecule has 0 aromatic carbocycles. The average Bonchev–Trinajstić information content (AvgIpc) is 2.82. The van der Waals surface area contributed by atoms with Gasteiger partial charge in [0.2, 0.25) is 0 Å². The maximum Gasteiger partial charge on any atom is 0.0596 e. The summed E-state index contributed by atoms with van der Waals surface area (Å²) in [7, 11) is 0. The van der Waals surface area contributed by atoms with Crippen LogP contribution in [0.5, 0.6) is 0 Å². The van der Waals surface area contributed by atoms with Crippen molar-refractivity contribution in [1.82, 2.24) is 0 Å². The van der Waals surface area contributed by atoms with Crippen molar-refractivity contribution in [2.45, 2.75) is 77.7 Å². The fourth-order valence-corrected chi connectivity index (χ4v) is 7.12. The minimum absolute atomic E-state index is 0.0662. The van der Waals surface area contributed by atoms with E-state index in [1.54, 1.807) is 0 Å². The van der Waals surface area contributed by atoms with E-state index < -0.39 is 0 Å². The Bertz CT molecular complexity index is 490. The summed E-state index contributed by atoms with van der Waals surface area (Å²) in [5.74, 6) is 3.11. The zero-order chi connectivity index (χ0) is 15.5. The van der Waals surface area contributed by atoms with Gasteiger partial charge < -0.3 is 10.3 Å². The van der Waals surface area contributed by atoms with E-state index in [1.807, 2.05) is 0 Å². The molecule has 0 unspecified atom stereocenters. The molecule has 3 heteroatoms. The van der Waals surface area contributed by atoms with E-state index in [2.05, 4.69) is 19.0 Å². The van der Waals surface area contributed by atoms with Crippen molar-refractivity contribution >= 4 is 5.71 Å². The van der Waals surface area contributed by atoms with Crippen LogP contribution in [0.15, 0.2) is 5.16 Å². The lowest BCUT2D eigenvalue weighted by molar-refractivity contribution is -0.112. The number of oxime groups is 1. The van der Waals surface area contributed by atoms with Crippen molar-refractivity contribution in [3.63, 3.8) is 0 Å². The van der Waals surface area contributed by atoms with Crippen LogP contribution in [0.1, 0.15) is 71.6 Å². The lowest BCUT2D eigenvalue weighted by Crippen LogP contribution is -2.54. The van der Waals surface area contributed by atoms with Crippen LogP contribution in [0.25, 0.3) is 0 Å². The lowest BCUT2D eigenvalue weighted by Gasteiger charge is -2.60. The number of nitrogens with zero attached hydrogens (tertiary/aromatic N) is 1. The van der Waals surface area contributed by atoms with Crippen LogP contribution >= 0.6 is 0 Å². The molecule has 22 heavy (non-hydrogen) atoms. The summed E-state index contributed by atoms with van der Waals surface area (Å²) in [5.41, 5.74) is 1.65. The van der Waals surface area contributed by atoms with Gasteiger partial charge in [-0.05, 0) is 92.3 Å². The highest BCUT2D eigenvalue weighted by Gasteiger charge is 2.59. The van der Waals surface area contributed by atoms with E-state index in [0.29, 0.717) is 11.3 Å². The molecule has 0 aromatic heterocycles. The molecule has 124 valence electrons. The van der Waals surface area contributed by atoms with Crippen molar-refractivity contribution in [1.29, 1.82) is 0 Å². The van der Waals surface area contributed by atoms with Crippen LogP contribution < -0.4 is 0 Å². The molecule has 0 heterocycles. The maximum atomic E-state index is 10.5. The quantitative estimate of drug-likeness (QED) is 0.520. The third-order valence-electron chi connectivity index (χ3n) is 8.59. The molecule has 0 bridgehead atoms. The zero-order valence-electron chi connectivity index (χ0n) is 14.1. The van der Waals surface area contributed by atoms with Crippen molar-refractivity contribution in [2.24, 2.45) is 39.7 Å². The van der Waals surface area contributed by atoms with Gasteiger partial charge >= 0.3 is 0 Å². The van der Waals surface area contributed by atoms with Gasteiger partial charge in [-0.1, -0.05) is 19.0 Å². The molecule has 4 aliphatic carbocycles. The van der Waals surface area contributed by atoms with E-state index in [9.17, 15) is 5.11 Å². The number of hydrogen-bond donors (Lipinski definition) is 2. The van der Waals surface area contributed by atoms with Gasteiger partial charge in [0.15, 0.2) is 0 Å². The Labute approximate surface area is 134 Å². The molecule has 4 rings (SSSR count). The molecular weight excluding hydrogens is 274 g/mol. The summed E-state index contributed by atoms with van der Waals surface area (Å²) in [5, 5.41) is 23.2. The number of aliphatic hydroxyl groups excluding tert-OH is 1. The van der Waals surface area contributed by atoms with Crippen LogP contribution in [-0.4, -0.2) is 22.1 Å². The predicted octanol–water partition coefficient (Wildman–Crippen LogP) is 4.22. The van der Waals surface area contributed by atoms with Crippen LogP contribution in [0.3, 0.4) is 0 Å². The standard InChI is InChI=1S/C19H31NO2/c1-18-9-7-13(20-22)11-12(18)3-4-14-15-5-6-17(21)19(15,2)10-8-16(14)18/h12,14-17,21-22H,3-11H2,1-2H3/b20-13+/t12-,14-,15+,16+,17-,18-,19-/m0/s1. The fraction of sp³-hybridized carbons (Fsp3) is 0.947. The molecule has 0 radical (unpaired) electrons. The summed E-state index contributed by atoms with van der Waals surface area (Å²) >= 11 is 0. The second-order valence-corrected chi connectivity index (χ2v) is 9.16. The summed E-state index contributed by atoms with van der Waals surface area (Å²) in [6, 6.07) is 0. The van der Waals surface area contributed by atoms with Crippen LogP contribution in [0.2, 0.25) is 0 Å². The highest BCUT2D eigenvalue weighted by molar-refractivity contribution is 5.85. The molecule has 0 aromatic rings. The Kier molecular flexibility index (Phi) is 3.38. The van der Waals surface area contributed by atoms with E-state index in [0.717, 1.165) is 42.7 Å². The minimum atomic E-state index is -0.0662. The molecule has 4 fully saturated rings. The second-order valence-electron chi connectivity index (χ2n) is 9.16. The number of fused-ring (bicyclic) bond motifs is 5. The first kappa shape index (κ1) is 15.0. The van der Waals surface area contributed by atoms with E-state index in [4.69, 9.17) is 5.21 Å². The monoisotopic (exact) mass is 305 g/mol. The van der Waals surface area contributed by atoms with E-state index in [1.165, 1.54) is 38.5 Å². The van der Waals surface area contributed by atoms with Crippen LogP contribution in [-0.2, 0) is 0 Å². The molecule has 2 N–H and O–H groups in total. The maximum absolute atomic E-state index is 10.5. The Morgan fingerprint density at radius 2 is 1.73 bits per heavy atom. The van der Waals surface area contributed by atoms with Crippen LogP contribution in [0.4, 0.5) is 0 Å². The van der Waals surface area contributed by atoms with Gasteiger partial charge in [0.25, 0.3) is 0 Å². The zero-order valence-corrected chi connectivity index (χ0v) is 14.1. The lowest BCUT2D eigenvalue weighted by atomic mass is 9.45. The summed E-state index contributed by atoms with van der Waals surface area (Å²) in [4.78, 5) is 0. The van der Waals surface area contributed by atoms with Gasteiger partial charge in [0.1, 0.15) is 0 Å². The van der Waals surface area contributed by atoms with Gasteiger partial charge in [-0.25, -0.2) is 0 Å². The summed E-state index contributed by atoms with van der Waals surface area (Å²) < 4.78 is 0. The predicted molar refractivity (Wildman–Crippen MR) is 87.0 cm³/mol. The normalized spacial score (nSPS) is 56.3. The fourth-order valence-electron chi connectivity index (χ4n) is 7.12. The van der Waals surface area contributed by atoms with E-state index in [-0.39, 0.29) is 11.5 Å². The summed E-state index contributed by atoms with van der Waals surface area (Å²) in [6.45, 7) is 4.88. The molecule has 0 spiro atoms. The van der Waals surface area contributed by atoms with Crippen molar-refractivity contribution in [3.8, 4) is 0 Å². The number of aliphatic hydroxyl groups is 1. The Balaban J connectivity index is 1.62. The molecule has 4 aliphatic rings. The molecule has 0 amide bonds. The minimum Gasteiger partial charge on any atom is -0.411 e. The Morgan fingerprint density at radius 3 is 2.50 bits per heavy atom. The van der Waals surface area contributed by atoms with Crippen LogP contribution in [0, 0.1) is 34.5 Å². The first-order chi connectivity index (χ1) is 10.5. The Morgan fingerprint density at radius 1 is 0.955 bits per heavy atom. The largest absolute Gasteiger partial charge is 0.411 e. The third-order valence-corrected chi connectivity index (χ3v) is 8.59. The highest BCUT2D eigenvalue weighted by atomic mass is 16.4. The number of rotatable bonds is 0. The van der Waals surface area contributed by atoms with Crippen molar-refractivity contribution < 1.29 is 10.3 Å². The molecular formula is C19H31NO2. The third kappa shape index (κ3) is 1.87. The van der Waals surface area contributed by atoms with Gasteiger partial charge in [-0.15, -0.1) is 0 Å². The van der Waals surface area contributed by atoms with Crippen molar-refractivity contribution in [2.75, 3.05) is 0 Å². The highest BCUT2D eigenvalue weighted by Crippen LogP contribution is 2.65. The van der Waals surface area contributed by atoms with Crippen molar-refractivity contribution in [3.05, 3.63) is 0 Å². The molecule has 4 saturated carbocycles. The molecule has 0 aliphatic heterocycles. The van der Waals surface area contributed by atoms with E-state index >= 15 is 0 Å². The molecule has 7 atom stereocenters. The van der Waals surface area contributed by atoms with Gasteiger partial charge in [-0.3, -0.25) is 0 Å². The topological polar surface area (TPSA) is 52.8 Å². The smallest absolute Gasteiger partial charge is 0.0596 e. The second kappa shape index (κ2) is 4.96.